The molecule has 0 unspecified atom stereocenters. The lowest BCUT2D eigenvalue weighted by Gasteiger charge is -2.31. The number of carbonyl (C=O) groups excluding carboxylic acids is 2. The van der Waals surface area contributed by atoms with E-state index in [1.165, 1.54) is 30.2 Å². The van der Waals surface area contributed by atoms with Crippen molar-refractivity contribution >= 4 is 17.5 Å². The van der Waals surface area contributed by atoms with Crippen LogP contribution < -0.4 is 14.8 Å². The molecule has 0 spiro atoms. The second-order valence-electron chi connectivity index (χ2n) is 8.49. The second-order valence-corrected chi connectivity index (χ2v) is 8.49. The average Bonchev–Trinajstić information content (AvgIpc) is 2.90. The Bertz CT molecular complexity index is 1210. The predicted octanol–water partition coefficient (Wildman–Crippen LogP) is 4.07. The molecule has 0 aliphatic heterocycles. The van der Waals surface area contributed by atoms with Crippen LogP contribution in [-0.4, -0.2) is 47.9 Å². The first kappa shape index (κ1) is 27.2. The van der Waals surface area contributed by atoms with Crippen molar-refractivity contribution in [2.45, 2.75) is 32.9 Å². The maximum atomic E-state index is 13.5. The molecule has 0 saturated carbocycles. The van der Waals surface area contributed by atoms with Crippen LogP contribution in [0.5, 0.6) is 11.5 Å². The molecular weight excluding hydrogens is 474 g/mol. The molecule has 2 amide bonds. The Morgan fingerprint density at radius 2 is 1.73 bits per heavy atom. The number of carbonyl (C=O) groups is 2. The van der Waals surface area contributed by atoms with E-state index >= 15 is 0 Å². The molecule has 0 fully saturated rings. The maximum Gasteiger partial charge on any atom is 0.311 e. The number of amides is 2. The summed E-state index contributed by atoms with van der Waals surface area (Å²) >= 11 is 0. The van der Waals surface area contributed by atoms with Gasteiger partial charge in [-0.1, -0.05) is 60.2 Å². The minimum absolute atomic E-state index is 0.0238. The highest BCUT2D eigenvalue weighted by molar-refractivity contribution is 5.88. The number of nitrogens with zero attached hydrogens (tertiary/aromatic N) is 2. The summed E-state index contributed by atoms with van der Waals surface area (Å²) in [7, 11) is 1.32. The molecule has 0 aliphatic carbocycles. The van der Waals surface area contributed by atoms with Crippen LogP contribution >= 0.6 is 0 Å². The van der Waals surface area contributed by atoms with Crippen LogP contribution in [0.25, 0.3) is 0 Å². The molecule has 1 N–H and O–H groups in total. The molecule has 1 atom stereocenters. The molecule has 9 nitrogen and oxygen atoms in total. The zero-order valence-corrected chi connectivity index (χ0v) is 21.2. The maximum absolute atomic E-state index is 13.5. The summed E-state index contributed by atoms with van der Waals surface area (Å²) in [4.78, 5) is 38.8. The summed E-state index contributed by atoms with van der Waals surface area (Å²) in [5, 5.41) is 14.0. The predicted molar refractivity (Wildman–Crippen MR) is 139 cm³/mol. The third-order valence-electron chi connectivity index (χ3n) is 5.81. The zero-order valence-electron chi connectivity index (χ0n) is 21.2. The van der Waals surface area contributed by atoms with Gasteiger partial charge < -0.3 is 19.7 Å². The number of hydrogen-bond donors (Lipinski definition) is 1. The first-order valence-electron chi connectivity index (χ1n) is 11.9. The van der Waals surface area contributed by atoms with Crippen molar-refractivity contribution in [1.29, 1.82) is 0 Å². The molecule has 37 heavy (non-hydrogen) atoms. The highest BCUT2D eigenvalue weighted by atomic mass is 16.6. The Morgan fingerprint density at radius 3 is 2.35 bits per heavy atom. The van der Waals surface area contributed by atoms with E-state index in [9.17, 15) is 19.7 Å². The first-order chi connectivity index (χ1) is 17.8. The quantitative estimate of drug-likeness (QED) is 0.293. The van der Waals surface area contributed by atoms with Gasteiger partial charge in [0.05, 0.1) is 12.0 Å². The van der Waals surface area contributed by atoms with Gasteiger partial charge in [-0.25, -0.2) is 0 Å². The third kappa shape index (κ3) is 7.54. The second kappa shape index (κ2) is 13.1. The van der Waals surface area contributed by atoms with Gasteiger partial charge in [-0.3, -0.25) is 19.7 Å². The number of nitro groups is 1. The van der Waals surface area contributed by atoms with Gasteiger partial charge in [-0.05, 0) is 31.0 Å². The van der Waals surface area contributed by atoms with Crippen LogP contribution in [0.15, 0.2) is 72.8 Å². The molecule has 3 rings (SSSR count). The summed E-state index contributed by atoms with van der Waals surface area (Å²) < 4.78 is 10.8. The van der Waals surface area contributed by atoms with Crippen molar-refractivity contribution in [1.82, 2.24) is 10.2 Å². The zero-order chi connectivity index (χ0) is 26.8. The summed E-state index contributed by atoms with van der Waals surface area (Å²) in [6.07, 6.45) is 0.329. The number of nitrogens with one attached hydrogen (secondary N) is 1. The standard InChI is InChI=1S/C28H31N3O6/c1-4-29-28(33)25(16-21-8-6-5-7-9-21)30(18-22-12-10-20(2)11-13-22)27(32)19-37-23-14-15-24(31(34)35)26(17-23)36-3/h5-15,17,25H,4,16,18-19H2,1-3H3,(H,29,33)/t25-/m0/s1. The monoisotopic (exact) mass is 505 g/mol. The van der Waals surface area contributed by atoms with E-state index in [4.69, 9.17) is 9.47 Å². The van der Waals surface area contributed by atoms with Crippen LogP contribution in [0.4, 0.5) is 5.69 Å². The van der Waals surface area contributed by atoms with Gasteiger partial charge in [-0.2, -0.15) is 0 Å². The van der Waals surface area contributed by atoms with Gasteiger partial charge in [-0.15, -0.1) is 0 Å². The Balaban J connectivity index is 1.88. The van der Waals surface area contributed by atoms with Gasteiger partial charge in [0.1, 0.15) is 11.8 Å². The van der Waals surface area contributed by atoms with Crippen molar-refractivity contribution in [2.24, 2.45) is 0 Å². The van der Waals surface area contributed by atoms with Crippen molar-refractivity contribution in [3.8, 4) is 11.5 Å². The number of ether oxygens (including phenoxy) is 2. The SMILES string of the molecule is CCNC(=O)[C@H](Cc1ccccc1)N(Cc1ccc(C)cc1)C(=O)COc1ccc([N+](=O)[O-])c(OC)c1. The molecule has 0 bridgehead atoms. The molecule has 0 heterocycles. The smallest absolute Gasteiger partial charge is 0.311 e. The van der Waals surface area contributed by atoms with Crippen molar-refractivity contribution in [3.05, 3.63) is 99.6 Å². The highest BCUT2D eigenvalue weighted by Crippen LogP contribution is 2.30. The van der Waals surface area contributed by atoms with E-state index < -0.39 is 16.9 Å². The minimum atomic E-state index is -0.772. The molecule has 3 aromatic rings. The van der Waals surface area contributed by atoms with Crippen molar-refractivity contribution in [2.75, 3.05) is 20.3 Å². The van der Waals surface area contributed by atoms with E-state index in [1.54, 1.807) is 0 Å². The normalized spacial score (nSPS) is 11.3. The van der Waals surface area contributed by atoms with E-state index in [-0.39, 0.29) is 36.2 Å². The van der Waals surface area contributed by atoms with Crippen LogP contribution in [-0.2, 0) is 22.6 Å². The van der Waals surface area contributed by atoms with Crippen LogP contribution in [0, 0.1) is 17.0 Å². The molecule has 9 heteroatoms. The summed E-state index contributed by atoms with van der Waals surface area (Å²) in [5.41, 5.74) is 2.67. The summed E-state index contributed by atoms with van der Waals surface area (Å²) in [6.45, 7) is 4.08. The third-order valence-corrected chi connectivity index (χ3v) is 5.81. The first-order valence-corrected chi connectivity index (χ1v) is 11.9. The molecule has 0 aliphatic rings. The van der Waals surface area contributed by atoms with E-state index in [0.717, 1.165) is 16.7 Å². The number of nitro benzene ring substituents is 1. The molecule has 3 aromatic carbocycles. The number of methoxy groups -OCH3 is 1. The van der Waals surface area contributed by atoms with Crippen LogP contribution in [0.2, 0.25) is 0 Å². The van der Waals surface area contributed by atoms with E-state index in [0.29, 0.717) is 13.0 Å². The number of hydrogen-bond acceptors (Lipinski definition) is 6. The summed E-state index contributed by atoms with van der Waals surface area (Å²) in [6, 6.07) is 20.5. The lowest BCUT2D eigenvalue weighted by Crippen LogP contribution is -2.51. The lowest BCUT2D eigenvalue weighted by molar-refractivity contribution is -0.385. The van der Waals surface area contributed by atoms with E-state index in [1.807, 2.05) is 68.4 Å². The fourth-order valence-corrected chi connectivity index (χ4v) is 3.86. The molecule has 0 radical (unpaired) electrons. The molecule has 0 saturated heterocycles. The highest BCUT2D eigenvalue weighted by Gasteiger charge is 2.30. The van der Waals surface area contributed by atoms with Gasteiger partial charge in [0.15, 0.2) is 6.61 Å². The number of rotatable bonds is 12. The average molecular weight is 506 g/mol. The Morgan fingerprint density at radius 1 is 1.03 bits per heavy atom. The van der Waals surface area contributed by atoms with Gasteiger partial charge in [0.2, 0.25) is 11.7 Å². The summed E-state index contributed by atoms with van der Waals surface area (Å²) in [5.74, 6) is -0.395. The Hall–Kier alpha value is -4.40. The van der Waals surface area contributed by atoms with Gasteiger partial charge >= 0.3 is 5.69 Å². The lowest BCUT2D eigenvalue weighted by atomic mass is 10.0. The fraction of sp³-hybridized carbons (Fsp3) is 0.286. The molecular formula is C28H31N3O6. The Labute approximate surface area is 216 Å². The van der Waals surface area contributed by atoms with E-state index in [2.05, 4.69) is 5.32 Å². The number of aryl methyl sites for hydroxylation is 1. The van der Waals surface area contributed by atoms with Gasteiger partial charge in [0, 0.05) is 31.6 Å². The minimum Gasteiger partial charge on any atom is -0.490 e. The van der Waals surface area contributed by atoms with Gasteiger partial charge in [0.25, 0.3) is 5.91 Å². The van der Waals surface area contributed by atoms with Crippen molar-refractivity contribution < 1.29 is 24.0 Å². The number of benzene rings is 3. The topological polar surface area (TPSA) is 111 Å². The molecule has 0 aromatic heterocycles. The largest absolute Gasteiger partial charge is 0.490 e. The van der Waals surface area contributed by atoms with Crippen LogP contribution in [0.3, 0.4) is 0 Å². The fourth-order valence-electron chi connectivity index (χ4n) is 3.86. The van der Waals surface area contributed by atoms with Crippen LogP contribution in [0.1, 0.15) is 23.6 Å². The number of likely N-dealkylation sites (N-methyl/N-ethyl adjacent to an activating group) is 1. The van der Waals surface area contributed by atoms with Crippen molar-refractivity contribution in [3.63, 3.8) is 0 Å². The molecule has 194 valence electrons. The Kier molecular flexibility index (Phi) is 9.60.